The quantitative estimate of drug-likeness (QED) is 0.641. The number of pyridine rings is 1. The molecule has 1 aromatic heterocycles. The topological polar surface area (TPSA) is 71.5 Å². The molecule has 0 amide bonds. The normalized spacial score (nSPS) is 15.1. The van der Waals surface area contributed by atoms with Crippen LogP contribution in [0.4, 0.5) is 14.5 Å². The molecule has 0 saturated heterocycles. The van der Waals surface area contributed by atoms with Gasteiger partial charge in [-0.3, -0.25) is 4.72 Å². The van der Waals surface area contributed by atoms with Crippen LogP contribution in [0, 0.1) is 0 Å². The van der Waals surface area contributed by atoms with Gasteiger partial charge in [0.15, 0.2) is 0 Å². The van der Waals surface area contributed by atoms with Crippen molar-refractivity contribution in [3.63, 3.8) is 0 Å². The molecule has 0 aliphatic carbocycles. The molecule has 0 atom stereocenters. The lowest BCUT2D eigenvalue weighted by Crippen LogP contribution is -2.27. The number of ether oxygens (including phenoxy) is 1. The van der Waals surface area contributed by atoms with E-state index in [9.17, 15) is 17.2 Å². The molecule has 6 nitrogen and oxygen atoms in total. The molecule has 0 fully saturated rings. The summed E-state index contributed by atoms with van der Waals surface area (Å²) in [6, 6.07) is 8.08. The van der Waals surface area contributed by atoms with Gasteiger partial charge in [0.25, 0.3) is 10.0 Å². The Morgan fingerprint density at radius 2 is 1.84 bits per heavy atom. The first-order valence-electron chi connectivity index (χ1n) is 10.5. The highest BCUT2D eigenvalue weighted by molar-refractivity contribution is 7.92. The standard InChI is InChI=1S/C22H29F2N3O3S/c1-4-11-27-12-9-17-14-20(21(30-22(23)24)25-19(17)10-13-27)26-31(28,29)18-7-5-16(6-8-18)15(2)3/h5-8,14-15,22,26H,4,9-13H2,1-3H3. The summed E-state index contributed by atoms with van der Waals surface area (Å²) in [5.74, 6) is -0.142. The average Bonchev–Trinajstić information content (AvgIpc) is 2.90. The van der Waals surface area contributed by atoms with E-state index in [0.29, 0.717) is 18.5 Å². The van der Waals surface area contributed by atoms with Gasteiger partial charge in [-0.15, -0.1) is 0 Å². The van der Waals surface area contributed by atoms with Crippen LogP contribution in [-0.4, -0.2) is 44.5 Å². The number of aromatic nitrogens is 1. The first-order chi connectivity index (χ1) is 14.7. The van der Waals surface area contributed by atoms with Gasteiger partial charge >= 0.3 is 6.61 Å². The number of fused-ring (bicyclic) bond motifs is 1. The summed E-state index contributed by atoms with van der Waals surface area (Å²) in [6.45, 7) is 5.54. The zero-order valence-corrected chi connectivity index (χ0v) is 18.9. The van der Waals surface area contributed by atoms with Crippen LogP contribution in [0.3, 0.4) is 0 Å². The Bertz CT molecular complexity index is 996. The van der Waals surface area contributed by atoms with Gasteiger partial charge in [0.05, 0.1) is 4.90 Å². The van der Waals surface area contributed by atoms with Gasteiger partial charge in [-0.05, 0) is 54.6 Å². The lowest BCUT2D eigenvalue weighted by atomic mass is 10.0. The first-order valence-corrected chi connectivity index (χ1v) is 12.0. The molecule has 1 aromatic carbocycles. The number of anilines is 1. The lowest BCUT2D eigenvalue weighted by Gasteiger charge is -2.17. The van der Waals surface area contributed by atoms with Gasteiger partial charge in [0, 0.05) is 25.2 Å². The molecule has 2 heterocycles. The number of benzene rings is 1. The van der Waals surface area contributed by atoms with Crippen molar-refractivity contribution < 1.29 is 21.9 Å². The minimum Gasteiger partial charge on any atom is -0.415 e. The maximum atomic E-state index is 13.0. The van der Waals surface area contributed by atoms with Crippen LogP contribution in [0.5, 0.6) is 5.88 Å². The molecular weight excluding hydrogens is 424 g/mol. The Morgan fingerprint density at radius 1 is 1.16 bits per heavy atom. The molecule has 31 heavy (non-hydrogen) atoms. The second-order valence-corrected chi connectivity index (χ2v) is 9.68. The number of hydrogen-bond acceptors (Lipinski definition) is 5. The first kappa shape index (κ1) is 23.4. The molecule has 1 N–H and O–H groups in total. The second kappa shape index (κ2) is 9.91. The Morgan fingerprint density at radius 3 is 2.45 bits per heavy atom. The van der Waals surface area contributed by atoms with Crippen molar-refractivity contribution in [3.8, 4) is 5.88 Å². The molecule has 2 aromatic rings. The Balaban J connectivity index is 1.92. The highest BCUT2D eigenvalue weighted by Gasteiger charge is 2.23. The van der Waals surface area contributed by atoms with Gasteiger partial charge in [-0.1, -0.05) is 32.9 Å². The van der Waals surface area contributed by atoms with Crippen molar-refractivity contribution in [3.05, 3.63) is 47.2 Å². The highest BCUT2D eigenvalue weighted by Crippen LogP contribution is 2.31. The lowest BCUT2D eigenvalue weighted by molar-refractivity contribution is -0.0524. The van der Waals surface area contributed by atoms with Gasteiger partial charge in [0.1, 0.15) is 5.69 Å². The van der Waals surface area contributed by atoms with Crippen molar-refractivity contribution in [2.75, 3.05) is 24.4 Å². The van der Waals surface area contributed by atoms with Crippen molar-refractivity contribution in [1.82, 2.24) is 9.88 Å². The molecule has 170 valence electrons. The summed E-state index contributed by atoms with van der Waals surface area (Å²) in [7, 11) is -3.99. The van der Waals surface area contributed by atoms with Gasteiger partial charge in [-0.2, -0.15) is 8.78 Å². The third kappa shape index (κ3) is 5.92. The summed E-state index contributed by atoms with van der Waals surface area (Å²) < 4.78 is 58.8. The molecule has 0 spiro atoms. The number of nitrogens with one attached hydrogen (secondary N) is 1. The molecular formula is C22H29F2N3O3S. The number of hydrogen-bond donors (Lipinski definition) is 1. The van der Waals surface area contributed by atoms with E-state index in [1.165, 1.54) is 12.1 Å². The fourth-order valence-corrected chi connectivity index (χ4v) is 4.73. The second-order valence-electron chi connectivity index (χ2n) is 8.00. The monoisotopic (exact) mass is 453 g/mol. The van der Waals surface area contributed by atoms with Crippen LogP contribution in [0.15, 0.2) is 35.2 Å². The Hall–Kier alpha value is -2.26. The number of alkyl halides is 2. The SMILES string of the molecule is CCCN1CCc2cc(NS(=O)(=O)c3ccc(C(C)C)cc3)c(OC(F)F)nc2CC1. The van der Waals surface area contributed by atoms with Crippen LogP contribution >= 0.6 is 0 Å². The van der Waals surface area contributed by atoms with Gasteiger partial charge < -0.3 is 9.64 Å². The molecule has 0 radical (unpaired) electrons. The molecule has 0 bridgehead atoms. The number of rotatable bonds is 8. The number of nitrogens with zero attached hydrogens (tertiary/aromatic N) is 2. The summed E-state index contributed by atoms with van der Waals surface area (Å²) in [5.41, 5.74) is 2.44. The molecule has 9 heteroatoms. The summed E-state index contributed by atoms with van der Waals surface area (Å²) >= 11 is 0. The molecule has 1 aliphatic rings. The maximum Gasteiger partial charge on any atom is 0.388 e. The fraction of sp³-hybridized carbons (Fsp3) is 0.500. The van der Waals surface area contributed by atoms with E-state index < -0.39 is 22.5 Å². The molecule has 3 rings (SSSR count). The molecule has 0 unspecified atom stereocenters. The fourth-order valence-electron chi connectivity index (χ4n) is 3.68. The Kier molecular flexibility index (Phi) is 7.48. The van der Waals surface area contributed by atoms with E-state index in [0.717, 1.165) is 37.2 Å². The van der Waals surface area contributed by atoms with E-state index >= 15 is 0 Å². The van der Waals surface area contributed by atoms with E-state index in [4.69, 9.17) is 0 Å². The third-order valence-electron chi connectivity index (χ3n) is 5.36. The molecule has 1 aliphatic heterocycles. The molecule has 0 saturated carbocycles. The van der Waals surface area contributed by atoms with Crippen LogP contribution < -0.4 is 9.46 Å². The predicted octanol–water partition coefficient (Wildman–Crippen LogP) is 4.42. The average molecular weight is 454 g/mol. The third-order valence-corrected chi connectivity index (χ3v) is 6.74. The summed E-state index contributed by atoms with van der Waals surface area (Å²) in [4.78, 5) is 6.60. The highest BCUT2D eigenvalue weighted by atomic mass is 32.2. The van der Waals surface area contributed by atoms with E-state index in [1.807, 2.05) is 13.8 Å². The summed E-state index contributed by atoms with van der Waals surface area (Å²) in [6.07, 6.45) is 2.28. The summed E-state index contributed by atoms with van der Waals surface area (Å²) in [5, 5.41) is 0. The van der Waals surface area contributed by atoms with Crippen molar-refractivity contribution in [1.29, 1.82) is 0 Å². The van der Waals surface area contributed by atoms with Crippen LogP contribution in [0.25, 0.3) is 0 Å². The maximum absolute atomic E-state index is 13.0. The minimum absolute atomic E-state index is 0.0453. The van der Waals surface area contributed by atoms with Crippen LogP contribution in [-0.2, 0) is 22.9 Å². The predicted molar refractivity (Wildman–Crippen MR) is 116 cm³/mol. The van der Waals surface area contributed by atoms with Crippen molar-refractivity contribution >= 4 is 15.7 Å². The number of sulfonamides is 1. The Labute approximate surface area is 182 Å². The van der Waals surface area contributed by atoms with Crippen LogP contribution in [0.1, 0.15) is 49.9 Å². The van der Waals surface area contributed by atoms with Gasteiger partial charge in [-0.25, -0.2) is 13.4 Å². The van der Waals surface area contributed by atoms with E-state index in [1.54, 1.807) is 18.2 Å². The largest absolute Gasteiger partial charge is 0.415 e. The van der Waals surface area contributed by atoms with E-state index in [2.05, 4.69) is 26.3 Å². The smallest absolute Gasteiger partial charge is 0.388 e. The van der Waals surface area contributed by atoms with E-state index in [-0.39, 0.29) is 16.5 Å². The van der Waals surface area contributed by atoms with Crippen molar-refractivity contribution in [2.24, 2.45) is 0 Å². The van der Waals surface area contributed by atoms with Crippen molar-refractivity contribution in [2.45, 2.75) is 57.5 Å². The number of halogens is 2. The zero-order valence-electron chi connectivity index (χ0n) is 18.1. The zero-order chi connectivity index (χ0) is 22.6. The van der Waals surface area contributed by atoms with Gasteiger partial charge in [0.2, 0.25) is 5.88 Å². The van der Waals surface area contributed by atoms with Crippen LogP contribution in [0.2, 0.25) is 0 Å². The minimum atomic E-state index is -3.99.